The molecule has 19 heavy (non-hydrogen) atoms. The number of nitrogens with one attached hydrogen (secondary N) is 2. The maximum absolute atomic E-state index is 11.9. The molecule has 106 valence electrons. The number of amides is 1. The van der Waals surface area contributed by atoms with Crippen molar-refractivity contribution in [2.45, 2.75) is 13.8 Å². The second kappa shape index (κ2) is 7.37. The summed E-state index contributed by atoms with van der Waals surface area (Å²) in [5.41, 5.74) is 2.41. The van der Waals surface area contributed by atoms with E-state index in [2.05, 4.69) is 20.7 Å². The zero-order valence-electron chi connectivity index (χ0n) is 11.4. The highest BCUT2D eigenvalue weighted by atomic mass is 16.5. The van der Waals surface area contributed by atoms with E-state index in [1.54, 1.807) is 4.90 Å². The predicted octanol–water partition coefficient (Wildman–Crippen LogP) is 0.0511. The van der Waals surface area contributed by atoms with Gasteiger partial charge >= 0.3 is 0 Å². The van der Waals surface area contributed by atoms with Crippen molar-refractivity contribution in [3.8, 4) is 5.75 Å². The Labute approximate surface area is 112 Å². The number of hydrazine groups is 1. The average Bonchev–Trinajstić information content (AvgIpc) is 2.45. The van der Waals surface area contributed by atoms with Gasteiger partial charge in [-0.05, 0) is 13.8 Å². The molecule has 1 aromatic rings. The van der Waals surface area contributed by atoms with Crippen molar-refractivity contribution in [1.29, 1.82) is 0 Å². The van der Waals surface area contributed by atoms with E-state index in [-0.39, 0.29) is 12.5 Å². The molecule has 0 saturated carbocycles. The Morgan fingerprint density at radius 1 is 1.37 bits per heavy atom. The first kappa shape index (κ1) is 15.0. The number of anilines is 2. The minimum absolute atomic E-state index is 0.00655. The summed E-state index contributed by atoms with van der Waals surface area (Å²) in [6.45, 7) is 5.35. The molecule has 0 fully saturated rings. The number of hydrogen-bond acceptors (Lipinski definition) is 7. The number of nitrogens with two attached hydrogens (primary N) is 1. The highest BCUT2D eigenvalue weighted by Gasteiger charge is 2.14. The van der Waals surface area contributed by atoms with Crippen LogP contribution < -0.4 is 21.3 Å². The summed E-state index contributed by atoms with van der Waals surface area (Å²) in [6.07, 6.45) is 1.34. The minimum Gasteiger partial charge on any atom is -0.490 e. The third-order valence-electron chi connectivity index (χ3n) is 2.67. The smallest absolute Gasteiger partial charge is 0.241 e. The number of nitrogens with zero attached hydrogens (tertiary/aromatic N) is 3. The highest BCUT2D eigenvalue weighted by molar-refractivity contribution is 5.81. The molecule has 1 aromatic heterocycles. The fourth-order valence-electron chi connectivity index (χ4n) is 1.64. The SMILES string of the molecule is CCN(CC)C(=O)CNc1ncnc(NN)c1OC. The van der Waals surface area contributed by atoms with Gasteiger partial charge in [-0.2, -0.15) is 0 Å². The molecule has 0 bridgehead atoms. The number of hydrogen-bond donors (Lipinski definition) is 3. The van der Waals surface area contributed by atoms with Gasteiger partial charge in [-0.25, -0.2) is 15.8 Å². The molecule has 0 spiro atoms. The maximum atomic E-state index is 11.9. The van der Waals surface area contributed by atoms with Gasteiger partial charge in [0.05, 0.1) is 13.7 Å². The molecule has 4 N–H and O–H groups in total. The van der Waals surface area contributed by atoms with Gasteiger partial charge in [-0.3, -0.25) is 4.79 Å². The third-order valence-corrected chi connectivity index (χ3v) is 2.67. The second-order valence-corrected chi connectivity index (χ2v) is 3.67. The summed E-state index contributed by atoms with van der Waals surface area (Å²) < 4.78 is 5.16. The van der Waals surface area contributed by atoms with Crippen LogP contribution >= 0.6 is 0 Å². The average molecular weight is 268 g/mol. The van der Waals surface area contributed by atoms with Crippen LogP contribution in [0.15, 0.2) is 6.33 Å². The van der Waals surface area contributed by atoms with Crippen LogP contribution in [0.3, 0.4) is 0 Å². The highest BCUT2D eigenvalue weighted by Crippen LogP contribution is 2.27. The molecule has 0 aromatic carbocycles. The molecule has 1 heterocycles. The summed E-state index contributed by atoms with van der Waals surface area (Å²) in [7, 11) is 1.48. The zero-order chi connectivity index (χ0) is 14.3. The summed E-state index contributed by atoms with van der Waals surface area (Å²) >= 11 is 0. The first-order valence-corrected chi connectivity index (χ1v) is 6.05. The summed E-state index contributed by atoms with van der Waals surface area (Å²) in [5, 5.41) is 2.92. The molecule has 1 amide bonds. The van der Waals surface area contributed by atoms with E-state index >= 15 is 0 Å². The van der Waals surface area contributed by atoms with Gasteiger partial charge in [0, 0.05) is 13.1 Å². The fourth-order valence-corrected chi connectivity index (χ4v) is 1.64. The number of methoxy groups -OCH3 is 1. The number of rotatable bonds is 7. The second-order valence-electron chi connectivity index (χ2n) is 3.67. The summed E-state index contributed by atoms with van der Waals surface area (Å²) in [4.78, 5) is 21.5. The lowest BCUT2D eigenvalue weighted by atomic mass is 10.4. The minimum atomic E-state index is -0.00655. The quantitative estimate of drug-likeness (QED) is 0.474. The molecule has 8 heteroatoms. The zero-order valence-corrected chi connectivity index (χ0v) is 11.4. The van der Waals surface area contributed by atoms with Gasteiger partial charge in [0.15, 0.2) is 11.6 Å². The molecule has 0 saturated heterocycles. The van der Waals surface area contributed by atoms with Gasteiger partial charge in [0.25, 0.3) is 0 Å². The lowest BCUT2D eigenvalue weighted by Gasteiger charge is -2.19. The first-order chi connectivity index (χ1) is 9.17. The van der Waals surface area contributed by atoms with Crippen LogP contribution in [0.4, 0.5) is 11.6 Å². The number of likely N-dealkylation sites (N-methyl/N-ethyl adjacent to an activating group) is 1. The van der Waals surface area contributed by atoms with Crippen molar-refractivity contribution < 1.29 is 9.53 Å². The Balaban J connectivity index is 2.75. The van der Waals surface area contributed by atoms with Crippen molar-refractivity contribution in [3.05, 3.63) is 6.33 Å². The van der Waals surface area contributed by atoms with Crippen LogP contribution in [0.2, 0.25) is 0 Å². The molecule has 0 aliphatic heterocycles. The van der Waals surface area contributed by atoms with Crippen LogP contribution in [-0.2, 0) is 4.79 Å². The van der Waals surface area contributed by atoms with Crippen molar-refractivity contribution in [2.75, 3.05) is 37.5 Å². The third kappa shape index (κ3) is 3.68. The molecule has 8 nitrogen and oxygen atoms in total. The molecule has 0 aliphatic rings. The van der Waals surface area contributed by atoms with Gasteiger partial charge < -0.3 is 20.4 Å². The van der Waals surface area contributed by atoms with Crippen LogP contribution in [-0.4, -0.2) is 47.5 Å². The van der Waals surface area contributed by atoms with Crippen molar-refractivity contribution >= 4 is 17.5 Å². The van der Waals surface area contributed by atoms with E-state index in [0.717, 1.165) is 0 Å². The Morgan fingerprint density at radius 2 is 2.00 bits per heavy atom. The topological polar surface area (TPSA) is 105 Å². The van der Waals surface area contributed by atoms with Crippen LogP contribution in [0, 0.1) is 0 Å². The van der Waals surface area contributed by atoms with E-state index in [4.69, 9.17) is 10.6 Å². The van der Waals surface area contributed by atoms with E-state index < -0.39 is 0 Å². The van der Waals surface area contributed by atoms with E-state index in [1.165, 1.54) is 13.4 Å². The van der Waals surface area contributed by atoms with Gasteiger partial charge in [-0.1, -0.05) is 0 Å². The summed E-state index contributed by atoms with van der Waals surface area (Å²) in [5.74, 6) is 6.46. The molecule has 0 unspecified atom stereocenters. The Hall–Kier alpha value is -2.09. The molecular weight excluding hydrogens is 248 g/mol. The number of carbonyl (C=O) groups excluding carboxylic acids is 1. The van der Waals surface area contributed by atoms with Gasteiger partial charge in [-0.15, -0.1) is 0 Å². The van der Waals surface area contributed by atoms with E-state index in [9.17, 15) is 4.79 Å². The summed E-state index contributed by atoms with van der Waals surface area (Å²) in [6, 6.07) is 0. The van der Waals surface area contributed by atoms with Crippen LogP contribution in [0.1, 0.15) is 13.8 Å². The molecule has 0 radical (unpaired) electrons. The number of carbonyl (C=O) groups is 1. The number of nitrogen functional groups attached to an aromatic ring is 1. The Morgan fingerprint density at radius 3 is 2.53 bits per heavy atom. The van der Waals surface area contributed by atoms with Crippen molar-refractivity contribution in [3.63, 3.8) is 0 Å². The van der Waals surface area contributed by atoms with Gasteiger partial charge in [0.2, 0.25) is 11.7 Å². The largest absolute Gasteiger partial charge is 0.490 e. The lowest BCUT2D eigenvalue weighted by Crippen LogP contribution is -2.35. The van der Waals surface area contributed by atoms with Crippen LogP contribution in [0.25, 0.3) is 0 Å². The molecule has 0 aliphatic carbocycles. The van der Waals surface area contributed by atoms with Crippen molar-refractivity contribution in [2.24, 2.45) is 5.84 Å². The monoisotopic (exact) mass is 268 g/mol. The predicted molar refractivity (Wildman–Crippen MR) is 72.8 cm³/mol. The molecule has 1 rings (SSSR count). The maximum Gasteiger partial charge on any atom is 0.241 e. The van der Waals surface area contributed by atoms with Crippen LogP contribution in [0.5, 0.6) is 5.75 Å². The number of aromatic nitrogens is 2. The fraction of sp³-hybridized carbons (Fsp3) is 0.545. The van der Waals surface area contributed by atoms with E-state index in [0.29, 0.717) is 30.5 Å². The van der Waals surface area contributed by atoms with Gasteiger partial charge in [0.1, 0.15) is 6.33 Å². The number of ether oxygens (including phenoxy) is 1. The lowest BCUT2D eigenvalue weighted by molar-refractivity contribution is -0.128. The van der Waals surface area contributed by atoms with Crippen molar-refractivity contribution in [1.82, 2.24) is 14.9 Å². The normalized spacial score (nSPS) is 9.89. The first-order valence-electron chi connectivity index (χ1n) is 6.05. The van der Waals surface area contributed by atoms with E-state index in [1.807, 2.05) is 13.8 Å². The molecule has 0 atom stereocenters. The Bertz CT molecular complexity index is 422. The molecular formula is C11H20N6O2. The Kier molecular flexibility index (Phi) is 5.80. The standard InChI is InChI=1S/C11H20N6O2/c1-4-17(5-2)8(18)6-13-10-9(19-3)11(16-12)15-7-14-10/h7H,4-6,12H2,1-3H3,(H2,13,14,15,16).